The zero-order chi connectivity index (χ0) is 12.1. The minimum atomic E-state index is 0.533. The Morgan fingerprint density at radius 3 is 2.29 bits per heavy atom. The highest BCUT2D eigenvalue weighted by molar-refractivity contribution is 5.28. The molecule has 0 radical (unpaired) electrons. The molecule has 1 aromatic heterocycles. The molecule has 0 aliphatic rings. The number of benzene rings is 1. The first kappa shape index (κ1) is 11.4. The van der Waals surface area contributed by atoms with Crippen LogP contribution in [-0.2, 0) is 6.61 Å². The lowest BCUT2D eigenvalue weighted by Gasteiger charge is -2.10. The van der Waals surface area contributed by atoms with Crippen molar-refractivity contribution in [3.63, 3.8) is 0 Å². The van der Waals surface area contributed by atoms with E-state index in [0.717, 1.165) is 5.56 Å². The van der Waals surface area contributed by atoms with Gasteiger partial charge >= 0.3 is 0 Å². The molecule has 0 N–H and O–H groups in total. The summed E-state index contributed by atoms with van der Waals surface area (Å²) in [4.78, 5) is 10.2. The van der Waals surface area contributed by atoms with Crippen LogP contribution in [0.5, 0.6) is 5.75 Å². The van der Waals surface area contributed by atoms with Crippen molar-refractivity contribution in [3.8, 4) is 5.75 Å². The summed E-state index contributed by atoms with van der Waals surface area (Å²) in [6.45, 7) is 0.533. The smallest absolute Gasteiger partial charge is 0.224 e. The highest BCUT2D eigenvalue weighted by Gasteiger charge is 2.00. The minimum Gasteiger partial charge on any atom is -0.486 e. The Morgan fingerprint density at radius 2 is 1.71 bits per heavy atom. The standard InChI is InChI=1S/C13H15N3O/c1-16(2)13-14-8-12(9-15-13)17-10-11-6-4-3-5-7-11/h3-9H,10H2,1-2H3. The molecule has 0 spiro atoms. The third-order valence-electron chi connectivity index (χ3n) is 2.26. The normalized spacial score (nSPS) is 10.0. The molecule has 2 aromatic rings. The molecule has 88 valence electrons. The van der Waals surface area contributed by atoms with E-state index >= 15 is 0 Å². The molecule has 0 saturated heterocycles. The Balaban J connectivity index is 1.96. The number of nitrogens with zero attached hydrogens (tertiary/aromatic N) is 3. The quantitative estimate of drug-likeness (QED) is 0.805. The molecule has 0 saturated carbocycles. The summed E-state index contributed by atoms with van der Waals surface area (Å²) < 4.78 is 5.58. The van der Waals surface area contributed by atoms with Gasteiger partial charge in [-0.25, -0.2) is 9.97 Å². The lowest BCUT2D eigenvalue weighted by Crippen LogP contribution is -2.12. The maximum Gasteiger partial charge on any atom is 0.224 e. The molecule has 4 heteroatoms. The van der Waals surface area contributed by atoms with E-state index in [4.69, 9.17) is 4.74 Å². The van der Waals surface area contributed by atoms with Crippen LogP contribution in [0.3, 0.4) is 0 Å². The third kappa shape index (κ3) is 3.17. The summed E-state index contributed by atoms with van der Waals surface area (Å²) in [6.07, 6.45) is 3.37. The lowest BCUT2D eigenvalue weighted by molar-refractivity contribution is 0.303. The average molecular weight is 229 g/mol. The van der Waals surface area contributed by atoms with Gasteiger partial charge in [-0.05, 0) is 5.56 Å². The fourth-order valence-electron chi connectivity index (χ4n) is 1.36. The summed E-state index contributed by atoms with van der Waals surface area (Å²) >= 11 is 0. The summed E-state index contributed by atoms with van der Waals surface area (Å²) in [6, 6.07) is 10.0. The van der Waals surface area contributed by atoms with Gasteiger partial charge in [0.05, 0.1) is 12.4 Å². The van der Waals surface area contributed by atoms with E-state index in [-0.39, 0.29) is 0 Å². The number of rotatable bonds is 4. The van der Waals surface area contributed by atoms with Crippen molar-refractivity contribution >= 4 is 5.95 Å². The minimum absolute atomic E-state index is 0.533. The second kappa shape index (κ2) is 5.30. The first-order chi connectivity index (χ1) is 8.25. The molecule has 0 aliphatic carbocycles. The first-order valence-electron chi connectivity index (χ1n) is 5.42. The highest BCUT2D eigenvalue weighted by atomic mass is 16.5. The molecule has 4 nitrogen and oxygen atoms in total. The van der Waals surface area contributed by atoms with Crippen LogP contribution in [0.4, 0.5) is 5.95 Å². The molecule has 0 unspecified atom stereocenters. The first-order valence-corrected chi connectivity index (χ1v) is 5.42. The predicted octanol–water partition coefficient (Wildman–Crippen LogP) is 2.12. The van der Waals surface area contributed by atoms with Crippen molar-refractivity contribution in [2.24, 2.45) is 0 Å². The summed E-state index contributed by atoms with van der Waals surface area (Å²) in [5.74, 6) is 1.36. The van der Waals surface area contributed by atoms with Crippen LogP contribution in [-0.4, -0.2) is 24.1 Å². The van der Waals surface area contributed by atoms with E-state index in [1.807, 2.05) is 49.3 Å². The van der Waals surface area contributed by atoms with Gasteiger partial charge in [0.2, 0.25) is 5.95 Å². The molecule has 0 bridgehead atoms. The van der Waals surface area contributed by atoms with Crippen molar-refractivity contribution in [1.29, 1.82) is 0 Å². The largest absolute Gasteiger partial charge is 0.486 e. The van der Waals surface area contributed by atoms with E-state index in [0.29, 0.717) is 18.3 Å². The van der Waals surface area contributed by atoms with Crippen LogP contribution < -0.4 is 9.64 Å². The van der Waals surface area contributed by atoms with E-state index < -0.39 is 0 Å². The summed E-state index contributed by atoms with van der Waals surface area (Å²) in [5.41, 5.74) is 1.13. The van der Waals surface area contributed by atoms with Gasteiger partial charge in [0.15, 0.2) is 5.75 Å². The molecule has 0 fully saturated rings. The van der Waals surface area contributed by atoms with Gasteiger partial charge < -0.3 is 9.64 Å². The van der Waals surface area contributed by atoms with Gasteiger partial charge in [0, 0.05) is 14.1 Å². The van der Waals surface area contributed by atoms with Gasteiger partial charge in [-0.3, -0.25) is 0 Å². The maximum atomic E-state index is 5.58. The summed E-state index contributed by atoms with van der Waals surface area (Å²) in [7, 11) is 3.81. The highest BCUT2D eigenvalue weighted by Crippen LogP contribution is 2.12. The second-order valence-electron chi connectivity index (χ2n) is 3.89. The van der Waals surface area contributed by atoms with Crippen LogP contribution in [0.25, 0.3) is 0 Å². The predicted molar refractivity (Wildman–Crippen MR) is 67.1 cm³/mol. The van der Waals surface area contributed by atoms with Crippen molar-refractivity contribution < 1.29 is 4.74 Å². The van der Waals surface area contributed by atoms with Crippen LogP contribution in [0.1, 0.15) is 5.56 Å². The second-order valence-corrected chi connectivity index (χ2v) is 3.89. The fourth-order valence-corrected chi connectivity index (χ4v) is 1.36. The zero-order valence-corrected chi connectivity index (χ0v) is 10.00. The number of anilines is 1. The molecule has 0 aliphatic heterocycles. The Kier molecular flexibility index (Phi) is 3.55. The van der Waals surface area contributed by atoms with Gasteiger partial charge in [0.1, 0.15) is 6.61 Å². The van der Waals surface area contributed by atoms with Gasteiger partial charge in [-0.2, -0.15) is 0 Å². The molecular formula is C13H15N3O. The molecule has 17 heavy (non-hydrogen) atoms. The monoisotopic (exact) mass is 229 g/mol. The third-order valence-corrected chi connectivity index (χ3v) is 2.26. The zero-order valence-electron chi connectivity index (χ0n) is 10.00. The Bertz CT molecular complexity index is 454. The Morgan fingerprint density at radius 1 is 1.06 bits per heavy atom. The van der Waals surface area contributed by atoms with Gasteiger partial charge in [-0.1, -0.05) is 30.3 Å². The summed E-state index contributed by atoms with van der Waals surface area (Å²) in [5, 5.41) is 0. The SMILES string of the molecule is CN(C)c1ncc(OCc2ccccc2)cn1. The molecular weight excluding hydrogens is 214 g/mol. The molecule has 1 heterocycles. The van der Waals surface area contributed by atoms with Crippen LogP contribution in [0.2, 0.25) is 0 Å². The number of hydrogen-bond acceptors (Lipinski definition) is 4. The maximum absolute atomic E-state index is 5.58. The Hall–Kier alpha value is -2.10. The molecule has 0 atom stereocenters. The van der Waals surface area contributed by atoms with Gasteiger partial charge in [-0.15, -0.1) is 0 Å². The van der Waals surface area contributed by atoms with Crippen molar-refractivity contribution in [3.05, 3.63) is 48.3 Å². The van der Waals surface area contributed by atoms with E-state index in [9.17, 15) is 0 Å². The molecule has 0 amide bonds. The van der Waals surface area contributed by atoms with Crippen molar-refractivity contribution in [2.75, 3.05) is 19.0 Å². The van der Waals surface area contributed by atoms with Gasteiger partial charge in [0.25, 0.3) is 0 Å². The van der Waals surface area contributed by atoms with E-state index in [1.165, 1.54) is 0 Å². The van der Waals surface area contributed by atoms with Crippen LogP contribution >= 0.6 is 0 Å². The van der Waals surface area contributed by atoms with E-state index in [1.54, 1.807) is 12.4 Å². The topological polar surface area (TPSA) is 38.2 Å². The average Bonchev–Trinajstić information content (AvgIpc) is 2.38. The fraction of sp³-hybridized carbons (Fsp3) is 0.231. The number of aromatic nitrogens is 2. The number of ether oxygens (including phenoxy) is 1. The van der Waals surface area contributed by atoms with Crippen molar-refractivity contribution in [2.45, 2.75) is 6.61 Å². The lowest BCUT2D eigenvalue weighted by atomic mass is 10.2. The molecule has 2 rings (SSSR count). The molecule has 1 aromatic carbocycles. The van der Waals surface area contributed by atoms with Crippen molar-refractivity contribution in [1.82, 2.24) is 9.97 Å². The van der Waals surface area contributed by atoms with E-state index in [2.05, 4.69) is 9.97 Å². The van der Waals surface area contributed by atoms with Crippen LogP contribution in [0.15, 0.2) is 42.7 Å². The number of hydrogen-bond donors (Lipinski definition) is 0. The Labute approximate surface area is 101 Å². The van der Waals surface area contributed by atoms with Crippen LogP contribution in [0, 0.1) is 0 Å².